The Morgan fingerprint density at radius 3 is 3.00 bits per heavy atom. The van der Waals surface area contributed by atoms with Crippen LogP contribution in [-0.2, 0) is 4.79 Å². The van der Waals surface area contributed by atoms with Crippen LogP contribution in [0, 0.1) is 17.2 Å². The van der Waals surface area contributed by atoms with E-state index in [1.54, 1.807) is 29.4 Å². The number of carboxylic acid groups (broad SMARTS) is 1. The number of nitrogens with one attached hydrogen (secondary N) is 2. The summed E-state index contributed by atoms with van der Waals surface area (Å²) in [6.45, 7) is 1.54. The van der Waals surface area contributed by atoms with Gasteiger partial charge < -0.3 is 20.1 Å². The number of hydrogen-bond donors (Lipinski definition) is 3. The van der Waals surface area contributed by atoms with Crippen molar-refractivity contribution in [2.45, 2.75) is 23.5 Å². The van der Waals surface area contributed by atoms with E-state index >= 15 is 0 Å². The van der Waals surface area contributed by atoms with E-state index in [4.69, 9.17) is 16.3 Å². The molecule has 2 saturated heterocycles. The van der Waals surface area contributed by atoms with E-state index in [1.807, 2.05) is 0 Å². The number of aromatic carboxylic acids is 1. The molecule has 3 atom stereocenters. The number of hydrogen-bond acceptors (Lipinski definition) is 9. The van der Waals surface area contributed by atoms with Gasteiger partial charge in [-0.2, -0.15) is 5.26 Å². The molecule has 1 amide bonds. The van der Waals surface area contributed by atoms with Crippen LogP contribution in [-0.4, -0.2) is 76.6 Å². The molecular formula is C22H23ClN6O4S. The SMILES string of the molecule is CSc1ncc(-c2cc(Cl)ccc2OCCN2CNC3CNC(C#N)CC3C2=O)nc1C(=O)O. The number of amides is 1. The van der Waals surface area contributed by atoms with Gasteiger partial charge in [0, 0.05) is 23.2 Å². The molecule has 4 rings (SSSR count). The Kier molecular flexibility index (Phi) is 7.53. The number of thioether (sulfide) groups is 1. The Labute approximate surface area is 205 Å². The summed E-state index contributed by atoms with van der Waals surface area (Å²) in [5.41, 5.74) is 0.685. The molecule has 178 valence electrons. The summed E-state index contributed by atoms with van der Waals surface area (Å²) in [5.74, 6) is -0.955. The zero-order chi connectivity index (χ0) is 24.2. The zero-order valence-corrected chi connectivity index (χ0v) is 19.9. The number of benzene rings is 1. The minimum absolute atomic E-state index is 0.00931. The largest absolute Gasteiger partial charge is 0.491 e. The molecule has 1 aromatic heterocycles. The van der Waals surface area contributed by atoms with Crippen LogP contribution >= 0.6 is 23.4 Å². The molecule has 3 heterocycles. The van der Waals surface area contributed by atoms with Gasteiger partial charge in [-0.05, 0) is 30.9 Å². The van der Waals surface area contributed by atoms with Crippen LogP contribution in [0.1, 0.15) is 16.9 Å². The second kappa shape index (κ2) is 10.6. The highest BCUT2D eigenvalue weighted by Gasteiger charge is 2.40. The van der Waals surface area contributed by atoms with E-state index in [0.717, 1.165) is 0 Å². The first kappa shape index (κ1) is 24.2. The normalized spacial score (nSPS) is 22.1. The molecular weight excluding hydrogens is 480 g/mol. The lowest BCUT2D eigenvalue weighted by molar-refractivity contribution is -0.142. The summed E-state index contributed by atoms with van der Waals surface area (Å²) in [7, 11) is 0. The van der Waals surface area contributed by atoms with Crippen molar-refractivity contribution in [3.8, 4) is 23.1 Å². The van der Waals surface area contributed by atoms with Crippen LogP contribution in [0.25, 0.3) is 11.3 Å². The van der Waals surface area contributed by atoms with Gasteiger partial charge in [0.15, 0.2) is 5.69 Å². The number of rotatable bonds is 7. The van der Waals surface area contributed by atoms with Gasteiger partial charge in [0.05, 0.1) is 43.1 Å². The number of nitriles is 1. The fraction of sp³-hybridized carbons (Fsp3) is 0.409. The topological polar surface area (TPSA) is 140 Å². The van der Waals surface area contributed by atoms with Crippen molar-refractivity contribution in [2.24, 2.45) is 5.92 Å². The van der Waals surface area contributed by atoms with Crippen molar-refractivity contribution in [1.29, 1.82) is 5.26 Å². The number of carboxylic acids is 1. The van der Waals surface area contributed by atoms with Gasteiger partial charge in [-0.15, -0.1) is 11.8 Å². The summed E-state index contributed by atoms with van der Waals surface area (Å²) in [6, 6.07) is 6.86. The number of carbonyl (C=O) groups is 2. The van der Waals surface area contributed by atoms with Crippen LogP contribution in [0.2, 0.25) is 5.02 Å². The Morgan fingerprint density at radius 1 is 1.44 bits per heavy atom. The van der Waals surface area contributed by atoms with Crippen LogP contribution in [0.4, 0.5) is 0 Å². The monoisotopic (exact) mass is 502 g/mol. The highest BCUT2D eigenvalue weighted by atomic mass is 35.5. The third-order valence-corrected chi connectivity index (χ3v) is 6.78. The number of carbonyl (C=O) groups excluding carboxylic acids is 1. The third-order valence-electron chi connectivity index (χ3n) is 5.86. The van der Waals surface area contributed by atoms with Crippen molar-refractivity contribution in [3.63, 3.8) is 0 Å². The lowest BCUT2D eigenvalue weighted by Crippen LogP contribution is -2.64. The fourth-order valence-corrected chi connectivity index (χ4v) is 4.77. The van der Waals surface area contributed by atoms with Crippen LogP contribution in [0.5, 0.6) is 5.75 Å². The maximum atomic E-state index is 13.0. The van der Waals surface area contributed by atoms with Crippen molar-refractivity contribution < 1.29 is 19.4 Å². The molecule has 12 heteroatoms. The number of aromatic nitrogens is 2. The number of piperidine rings is 1. The van der Waals surface area contributed by atoms with Crippen LogP contribution in [0.3, 0.4) is 0 Å². The van der Waals surface area contributed by atoms with Crippen molar-refractivity contribution in [3.05, 3.63) is 35.1 Å². The highest BCUT2D eigenvalue weighted by Crippen LogP contribution is 2.32. The first-order chi connectivity index (χ1) is 16.4. The smallest absolute Gasteiger partial charge is 0.357 e. The van der Waals surface area contributed by atoms with Crippen molar-refractivity contribution in [2.75, 3.05) is 32.6 Å². The molecule has 1 aromatic carbocycles. The summed E-state index contributed by atoms with van der Waals surface area (Å²) in [6.07, 6.45) is 3.69. The van der Waals surface area contributed by atoms with Gasteiger partial charge in [-0.3, -0.25) is 10.1 Å². The maximum absolute atomic E-state index is 13.0. The zero-order valence-electron chi connectivity index (χ0n) is 18.3. The Balaban J connectivity index is 1.47. The summed E-state index contributed by atoms with van der Waals surface area (Å²) in [5, 5.41) is 25.9. The second-order valence-electron chi connectivity index (χ2n) is 7.91. The van der Waals surface area contributed by atoms with E-state index in [-0.39, 0.29) is 36.2 Å². The number of ether oxygens (including phenoxy) is 1. The summed E-state index contributed by atoms with van der Waals surface area (Å²) < 4.78 is 5.97. The first-order valence-corrected chi connectivity index (χ1v) is 12.2. The number of halogens is 1. The molecule has 0 radical (unpaired) electrons. The summed E-state index contributed by atoms with van der Waals surface area (Å²) in [4.78, 5) is 34.7. The molecule has 10 nitrogen and oxygen atoms in total. The molecule has 2 aromatic rings. The highest BCUT2D eigenvalue weighted by molar-refractivity contribution is 7.98. The van der Waals surface area contributed by atoms with Gasteiger partial charge in [0.1, 0.15) is 17.4 Å². The van der Waals surface area contributed by atoms with Gasteiger partial charge in [0.25, 0.3) is 0 Å². The quantitative estimate of drug-likeness (QED) is 0.480. The standard InChI is InChI=1S/C22H23ClN6O4S/c1-34-20-19(22(31)32)28-17(10-26-20)14-6-12(23)2-3-18(14)33-5-4-29-11-27-16-9-25-13(8-24)7-15(16)21(29)30/h2-3,6,10,13,15-16,25,27H,4-5,7,9,11H2,1H3,(H,31,32). The number of nitrogens with zero attached hydrogens (tertiary/aromatic N) is 4. The van der Waals surface area contributed by atoms with Crippen LogP contribution < -0.4 is 15.4 Å². The van der Waals surface area contributed by atoms with Gasteiger partial charge in [-0.25, -0.2) is 14.8 Å². The van der Waals surface area contributed by atoms with E-state index < -0.39 is 5.97 Å². The van der Waals surface area contributed by atoms with Gasteiger partial charge in [-0.1, -0.05) is 11.6 Å². The minimum Gasteiger partial charge on any atom is -0.491 e. The molecule has 2 aliphatic rings. The Hall–Kier alpha value is -2.91. The van der Waals surface area contributed by atoms with Crippen molar-refractivity contribution >= 4 is 35.2 Å². The second-order valence-corrected chi connectivity index (χ2v) is 9.14. The van der Waals surface area contributed by atoms with E-state index in [1.165, 1.54) is 18.0 Å². The van der Waals surface area contributed by atoms with Crippen LogP contribution in [0.15, 0.2) is 29.4 Å². The molecule has 2 aliphatic heterocycles. The van der Waals surface area contributed by atoms with E-state index in [9.17, 15) is 20.0 Å². The average molecular weight is 503 g/mol. The summed E-state index contributed by atoms with van der Waals surface area (Å²) >= 11 is 7.38. The first-order valence-electron chi connectivity index (χ1n) is 10.6. The predicted molar refractivity (Wildman–Crippen MR) is 126 cm³/mol. The molecule has 3 N–H and O–H groups in total. The third kappa shape index (κ3) is 5.10. The Bertz CT molecular complexity index is 1140. The molecule has 0 saturated carbocycles. The Morgan fingerprint density at radius 2 is 2.26 bits per heavy atom. The van der Waals surface area contributed by atoms with E-state index in [0.29, 0.717) is 53.2 Å². The molecule has 0 spiro atoms. The lowest BCUT2D eigenvalue weighted by Gasteiger charge is -2.42. The lowest BCUT2D eigenvalue weighted by atomic mass is 9.86. The number of fused-ring (bicyclic) bond motifs is 1. The molecule has 0 aliphatic carbocycles. The minimum atomic E-state index is -1.17. The van der Waals surface area contributed by atoms with Gasteiger partial charge >= 0.3 is 5.97 Å². The average Bonchev–Trinajstić information content (AvgIpc) is 2.85. The molecule has 0 bridgehead atoms. The molecule has 2 fully saturated rings. The molecule has 34 heavy (non-hydrogen) atoms. The predicted octanol–water partition coefficient (Wildman–Crippen LogP) is 1.86. The maximum Gasteiger partial charge on any atom is 0.357 e. The van der Waals surface area contributed by atoms with Crippen molar-refractivity contribution in [1.82, 2.24) is 25.5 Å². The van der Waals surface area contributed by atoms with E-state index in [2.05, 4.69) is 26.7 Å². The molecule has 3 unspecified atom stereocenters. The fourth-order valence-electron chi connectivity index (χ4n) is 4.12. The van der Waals surface area contributed by atoms with Gasteiger partial charge in [0.2, 0.25) is 5.91 Å².